The third-order valence-electron chi connectivity index (χ3n) is 6.25. The highest BCUT2D eigenvalue weighted by molar-refractivity contribution is 5.97. The van der Waals surface area contributed by atoms with Gasteiger partial charge in [0.1, 0.15) is 11.4 Å². The van der Waals surface area contributed by atoms with Gasteiger partial charge in [0.25, 0.3) is 0 Å². The van der Waals surface area contributed by atoms with Crippen LogP contribution in [0.5, 0.6) is 0 Å². The molecule has 0 unspecified atom stereocenters. The number of likely N-dealkylation sites (tertiary alicyclic amines) is 1. The summed E-state index contributed by atoms with van der Waals surface area (Å²) in [6.45, 7) is 0.941. The number of amidine groups is 1. The average Bonchev–Trinajstić information content (AvgIpc) is 3.37. The predicted molar refractivity (Wildman–Crippen MR) is 115 cm³/mol. The standard InChI is InChI=1S/C23H27N5O2/c24-19(12-15-4-2-1-3-5-15)21(29)28-11-10-18-13-23(18,28)22(30)27-14-16-6-8-17(9-7-16)20(25)26/h1-9,18-19H,10-14,24H2,(H3,25,26)(H,27,30)/t18-,19-,23+/m1/s1. The van der Waals surface area contributed by atoms with Crippen LogP contribution in [0, 0.1) is 11.3 Å². The summed E-state index contributed by atoms with van der Waals surface area (Å²) in [6, 6.07) is 16.2. The SMILES string of the molecule is N=C(N)c1ccc(CNC(=O)[C@]23C[C@H]2CCN3C(=O)[C@H](N)Cc2ccccc2)cc1. The fourth-order valence-electron chi connectivity index (χ4n) is 4.47. The summed E-state index contributed by atoms with van der Waals surface area (Å²) in [6.07, 6.45) is 2.00. The van der Waals surface area contributed by atoms with Crippen molar-refractivity contribution in [2.24, 2.45) is 17.4 Å². The molecular formula is C23H27N5O2. The van der Waals surface area contributed by atoms with Gasteiger partial charge in [-0.3, -0.25) is 15.0 Å². The van der Waals surface area contributed by atoms with Crippen LogP contribution in [0.1, 0.15) is 29.5 Å². The van der Waals surface area contributed by atoms with E-state index in [0.29, 0.717) is 31.5 Å². The summed E-state index contributed by atoms with van der Waals surface area (Å²) in [5, 5.41) is 10.4. The molecule has 1 aliphatic carbocycles. The quantitative estimate of drug-likeness (QED) is 0.407. The number of nitrogens with zero attached hydrogens (tertiary/aromatic N) is 1. The Morgan fingerprint density at radius 2 is 1.83 bits per heavy atom. The highest BCUT2D eigenvalue weighted by Crippen LogP contribution is 2.56. The van der Waals surface area contributed by atoms with Gasteiger partial charge in [-0.1, -0.05) is 54.6 Å². The van der Waals surface area contributed by atoms with E-state index >= 15 is 0 Å². The van der Waals surface area contributed by atoms with Gasteiger partial charge in [-0.05, 0) is 36.3 Å². The number of nitrogens with one attached hydrogen (secondary N) is 2. The Bertz CT molecular complexity index is 959. The van der Waals surface area contributed by atoms with E-state index in [4.69, 9.17) is 16.9 Å². The van der Waals surface area contributed by atoms with Gasteiger partial charge in [0.05, 0.1) is 6.04 Å². The molecule has 2 amide bonds. The second-order valence-corrected chi connectivity index (χ2v) is 8.19. The molecule has 7 nitrogen and oxygen atoms in total. The molecule has 6 N–H and O–H groups in total. The number of carbonyl (C=O) groups is 2. The van der Waals surface area contributed by atoms with Gasteiger partial charge in [-0.15, -0.1) is 0 Å². The van der Waals surface area contributed by atoms with E-state index in [9.17, 15) is 9.59 Å². The van der Waals surface area contributed by atoms with E-state index < -0.39 is 11.6 Å². The normalized spacial score (nSPS) is 22.8. The first kappa shape index (κ1) is 20.1. The first-order valence-corrected chi connectivity index (χ1v) is 10.2. The van der Waals surface area contributed by atoms with Gasteiger partial charge in [0.15, 0.2) is 0 Å². The molecular weight excluding hydrogens is 378 g/mol. The first-order chi connectivity index (χ1) is 14.4. The number of carbonyl (C=O) groups excluding carboxylic acids is 2. The number of benzene rings is 2. The van der Waals surface area contributed by atoms with Crippen LogP contribution < -0.4 is 16.8 Å². The van der Waals surface area contributed by atoms with E-state index in [0.717, 1.165) is 17.5 Å². The molecule has 1 heterocycles. The highest BCUT2D eigenvalue weighted by atomic mass is 16.2. The van der Waals surface area contributed by atoms with Crippen molar-refractivity contribution in [3.05, 3.63) is 71.3 Å². The number of nitrogens with two attached hydrogens (primary N) is 2. The fraction of sp³-hybridized carbons (Fsp3) is 0.348. The maximum Gasteiger partial charge on any atom is 0.246 e. The molecule has 2 aliphatic rings. The van der Waals surface area contributed by atoms with E-state index in [1.54, 1.807) is 17.0 Å². The predicted octanol–water partition coefficient (Wildman–Crippen LogP) is 1.15. The van der Waals surface area contributed by atoms with Crippen molar-refractivity contribution in [3.8, 4) is 0 Å². The Balaban J connectivity index is 1.39. The molecule has 0 radical (unpaired) electrons. The van der Waals surface area contributed by atoms with Crippen LogP contribution in [0.4, 0.5) is 0 Å². The zero-order valence-electron chi connectivity index (χ0n) is 16.8. The lowest BCUT2D eigenvalue weighted by atomic mass is 10.0. The first-order valence-electron chi connectivity index (χ1n) is 10.2. The summed E-state index contributed by atoms with van der Waals surface area (Å²) in [5.74, 6) is -0.0385. The second-order valence-electron chi connectivity index (χ2n) is 8.19. The van der Waals surface area contributed by atoms with Crippen molar-refractivity contribution in [2.75, 3.05) is 6.54 Å². The highest BCUT2D eigenvalue weighted by Gasteiger charge is 2.68. The lowest BCUT2D eigenvalue weighted by Crippen LogP contribution is -2.55. The lowest BCUT2D eigenvalue weighted by molar-refractivity contribution is -0.141. The topological polar surface area (TPSA) is 125 Å². The Labute approximate surface area is 175 Å². The van der Waals surface area contributed by atoms with E-state index in [1.165, 1.54) is 0 Å². The summed E-state index contributed by atoms with van der Waals surface area (Å²) >= 11 is 0. The summed E-state index contributed by atoms with van der Waals surface area (Å²) in [7, 11) is 0. The van der Waals surface area contributed by atoms with Gasteiger partial charge >= 0.3 is 0 Å². The van der Waals surface area contributed by atoms with Crippen LogP contribution in [-0.2, 0) is 22.6 Å². The van der Waals surface area contributed by atoms with Crippen LogP contribution in [-0.4, -0.2) is 40.7 Å². The van der Waals surface area contributed by atoms with Crippen LogP contribution >= 0.6 is 0 Å². The Hall–Kier alpha value is -3.19. The molecule has 156 valence electrons. The zero-order valence-corrected chi connectivity index (χ0v) is 16.8. The third kappa shape index (κ3) is 3.68. The Morgan fingerprint density at radius 3 is 2.47 bits per heavy atom. The lowest BCUT2D eigenvalue weighted by Gasteiger charge is -2.30. The van der Waals surface area contributed by atoms with Crippen molar-refractivity contribution < 1.29 is 9.59 Å². The minimum absolute atomic E-state index is 0.0113. The molecule has 4 rings (SSSR count). The molecule has 2 aromatic carbocycles. The van der Waals surface area contributed by atoms with Gasteiger partial charge < -0.3 is 21.7 Å². The second kappa shape index (κ2) is 7.91. The van der Waals surface area contributed by atoms with Crippen LogP contribution in [0.3, 0.4) is 0 Å². The molecule has 0 bridgehead atoms. The number of rotatable bonds is 7. The number of fused-ring (bicyclic) bond motifs is 1. The van der Waals surface area contributed by atoms with Crippen LogP contribution in [0.2, 0.25) is 0 Å². The van der Waals surface area contributed by atoms with Crippen molar-refractivity contribution in [1.29, 1.82) is 5.41 Å². The van der Waals surface area contributed by atoms with Crippen molar-refractivity contribution >= 4 is 17.6 Å². The number of hydrogen-bond acceptors (Lipinski definition) is 4. The van der Waals surface area contributed by atoms with E-state index in [1.807, 2.05) is 42.5 Å². The third-order valence-corrected chi connectivity index (χ3v) is 6.25. The molecule has 2 fully saturated rings. The smallest absolute Gasteiger partial charge is 0.246 e. The number of amides is 2. The van der Waals surface area contributed by atoms with E-state index in [-0.39, 0.29) is 23.6 Å². The van der Waals surface area contributed by atoms with Crippen molar-refractivity contribution in [2.45, 2.75) is 37.4 Å². The fourth-order valence-corrected chi connectivity index (χ4v) is 4.47. The number of nitrogen functional groups attached to an aromatic ring is 1. The number of piperidine rings is 1. The molecule has 1 saturated heterocycles. The molecule has 2 aromatic rings. The monoisotopic (exact) mass is 405 g/mol. The maximum absolute atomic E-state index is 13.1. The largest absolute Gasteiger partial charge is 0.384 e. The molecule has 1 saturated carbocycles. The molecule has 1 aliphatic heterocycles. The summed E-state index contributed by atoms with van der Waals surface area (Å²) in [5.41, 5.74) is 13.5. The number of hydrogen-bond donors (Lipinski definition) is 4. The summed E-state index contributed by atoms with van der Waals surface area (Å²) in [4.78, 5) is 27.8. The minimum atomic E-state index is -0.745. The molecule has 0 spiro atoms. The maximum atomic E-state index is 13.1. The van der Waals surface area contributed by atoms with Crippen molar-refractivity contribution in [3.63, 3.8) is 0 Å². The van der Waals surface area contributed by atoms with Crippen LogP contribution in [0.25, 0.3) is 0 Å². The average molecular weight is 406 g/mol. The molecule has 3 atom stereocenters. The zero-order chi connectivity index (χ0) is 21.3. The van der Waals surface area contributed by atoms with Gasteiger partial charge in [0.2, 0.25) is 11.8 Å². The molecule has 7 heteroatoms. The Morgan fingerprint density at radius 1 is 1.13 bits per heavy atom. The van der Waals surface area contributed by atoms with E-state index in [2.05, 4.69) is 5.32 Å². The van der Waals surface area contributed by atoms with Crippen molar-refractivity contribution in [1.82, 2.24) is 10.2 Å². The van der Waals surface area contributed by atoms with Gasteiger partial charge in [0, 0.05) is 18.7 Å². The van der Waals surface area contributed by atoms with Gasteiger partial charge in [-0.2, -0.15) is 0 Å². The minimum Gasteiger partial charge on any atom is -0.384 e. The Kier molecular flexibility index (Phi) is 5.30. The summed E-state index contributed by atoms with van der Waals surface area (Å²) < 4.78 is 0. The molecule has 0 aromatic heterocycles. The van der Waals surface area contributed by atoms with Crippen LogP contribution in [0.15, 0.2) is 54.6 Å². The molecule has 30 heavy (non-hydrogen) atoms. The van der Waals surface area contributed by atoms with Gasteiger partial charge in [-0.25, -0.2) is 0 Å².